The van der Waals surface area contributed by atoms with Crippen molar-refractivity contribution in [3.05, 3.63) is 47.8 Å². The van der Waals surface area contributed by atoms with Gasteiger partial charge in [-0.25, -0.2) is 4.39 Å². The average Bonchev–Trinajstić information content (AvgIpc) is 3.05. The van der Waals surface area contributed by atoms with Gasteiger partial charge < -0.3 is 25.8 Å². The number of nitrogens with one attached hydrogen (secondary N) is 2. The summed E-state index contributed by atoms with van der Waals surface area (Å²) in [7, 11) is 0. The van der Waals surface area contributed by atoms with Crippen molar-refractivity contribution in [3.63, 3.8) is 0 Å². The first-order valence-electron chi connectivity index (χ1n) is 7.57. The van der Waals surface area contributed by atoms with Crippen molar-refractivity contribution in [2.24, 2.45) is 5.73 Å². The number of rotatable bonds is 5. The normalized spacial score (nSPS) is 11.9. The van der Waals surface area contributed by atoms with Crippen molar-refractivity contribution in [3.8, 4) is 11.5 Å². The second kappa shape index (κ2) is 7.18. The highest BCUT2D eigenvalue weighted by Gasteiger charge is 2.17. The Hall–Kier alpha value is -3.13. The maximum atomic E-state index is 13.5. The van der Waals surface area contributed by atoms with Gasteiger partial charge in [0.1, 0.15) is 5.82 Å². The Bertz CT molecular complexity index is 826. The molecule has 2 aromatic carbocycles. The van der Waals surface area contributed by atoms with E-state index in [0.717, 1.165) is 6.07 Å². The average molecular weight is 345 g/mol. The van der Waals surface area contributed by atoms with Gasteiger partial charge in [-0.15, -0.1) is 0 Å². The molecule has 0 saturated carbocycles. The molecule has 0 spiro atoms. The van der Waals surface area contributed by atoms with Gasteiger partial charge >= 0.3 is 0 Å². The summed E-state index contributed by atoms with van der Waals surface area (Å²) >= 11 is 0. The van der Waals surface area contributed by atoms with E-state index in [0.29, 0.717) is 17.1 Å². The number of anilines is 2. The largest absolute Gasteiger partial charge is 0.454 e. The molecule has 2 amide bonds. The first-order valence-corrected chi connectivity index (χ1v) is 7.57. The number of hydrogen-bond donors (Lipinski definition) is 3. The maximum Gasteiger partial charge on any atom is 0.255 e. The van der Waals surface area contributed by atoms with Crippen LogP contribution in [0.15, 0.2) is 36.4 Å². The van der Waals surface area contributed by atoms with Gasteiger partial charge in [0.05, 0.1) is 11.4 Å². The van der Waals surface area contributed by atoms with Gasteiger partial charge in [-0.1, -0.05) is 0 Å². The predicted molar refractivity (Wildman–Crippen MR) is 89.2 cm³/mol. The summed E-state index contributed by atoms with van der Waals surface area (Å²) in [5.74, 6) is -0.300. The summed E-state index contributed by atoms with van der Waals surface area (Å²) in [6, 6.07) is 8.45. The Balaban J connectivity index is 1.79. The van der Waals surface area contributed by atoms with E-state index >= 15 is 0 Å². The third-order valence-corrected chi connectivity index (χ3v) is 3.51. The molecule has 1 heterocycles. The fraction of sp³-hybridized carbons (Fsp3) is 0.176. The number of amides is 2. The molecule has 0 fully saturated rings. The van der Waals surface area contributed by atoms with Crippen molar-refractivity contribution in [1.82, 2.24) is 0 Å². The van der Waals surface area contributed by atoms with E-state index in [9.17, 15) is 14.0 Å². The lowest BCUT2D eigenvalue weighted by Gasteiger charge is -2.12. The zero-order chi connectivity index (χ0) is 17.8. The number of nitrogens with two attached hydrogens (primary N) is 1. The van der Waals surface area contributed by atoms with Gasteiger partial charge in [-0.3, -0.25) is 9.59 Å². The van der Waals surface area contributed by atoms with Crippen LogP contribution in [0.4, 0.5) is 15.8 Å². The molecule has 8 heteroatoms. The highest BCUT2D eigenvalue weighted by atomic mass is 19.1. The molecule has 7 nitrogen and oxygen atoms in total. The quantitative estimate of drug-likeness (QED) is 0.770. The number of benzene rings is 2. The summed E-state index contributed by atoms with van der Waals surface area (Å²) < 4.78 is 23.9. The summed E-state index contributed by atoms with van der Waals surface area (Å²) in [4.78, 5) is 24.1. The Kier molecular flexibility index (Phi) is 4.80. The van der Waals surface area contributed by atoms with Crippen LogP contribution in [0.3, 0.4) is 0 Å². The smallest absolute Gasteiger partial charge is 0.255 e. The predicted octanol–water partition coefficient (Wildman–Crippen LogP) is 2.09. The number of ether oxygens (including phenoxy) is 2. The lowest BCUT2D eigenvalue weighted by molar-refractivity contribution is -0.116. The number of carbonyl (C=O) groups is 2. The monoisotopic (exact) mass is 345 g/mol. The molecule has 0 aromatic heterocycles. The third-order valence-electron chi connectivity index (χ3n) is 3.51. The fourth-order valence-corrected chi connectivity index (χ4v) is 2.30. The van der Waals surface area contributed by atoms with Crippen molar-refractivity contribution in [2.75, 3.05) is 24.0 Å². The minimum atomic E-state index is -0.538. The van der Waals surface area contributed by atoms with Crippen molar-refractivity contribution < 1.29 is 23.5 Å². The fourth-order valence-electron chi connectivity index (χ4n) is 2.30. The molecule has 3 rings (SSSR count). The van der Waals surface area contributed by atoms with Gasteiger partial charge in [-0.2, -0.15) is 0 Å². The molecule has 2 aromatic rings. The Morgan fingerprint density at radius 2 is 1.84 bits per heavy atom. The topological polar surface area (TPSA) is 103 Å². The molecule has 0 unspecified atom stereocenters. The van der Waals surface area contributed by atoms with Crippen LogP contribution in [0.5, 0.6) is 11.5 Å². The Labute approximate surface area is 142 Å². The van der Waals surface area contributed by atoms with E-state index in [1.54, 1.807) is 18.2 Å². The van der Waals surface area contributed by atoms with Gasteiger partial charge in [-0.05, 0) is 36.4 Å². The first kappa shape index (κ1) is 16.7. The van der Waals surface area contributed by atoms with Gasteiger partial charge in [0.25, 0.3) is 5.91 Å². The van der Waals surface area contributed by atoms with Crippen LogP contribution in [-0.2, 0) is 4.79 Å². The SMILES string of the molecule is NCCC(=O)Nc1cc(F)ccc1NC(=O)c1ccc2c(c1)OCO2. The van der Waals surface area contributed by atoms with Crippen LogP contribution in [0.2, 0.25) is 0 Å². The van der Waals surface area contributed by atoms with E-state index in [2.05, 4.69) is 10.6 Å². The van der Waals surface area contributed by atoms with E-state index in [1.807, 2.05) is 0 Å². The summed E-state index contributed by atoms with van der Waals surface area (Å²) in [6.07, 6.45) is 0.0893. The molecule has 130 valence electrons. The zero-order valence-corrected chi connectivity index (χ0v) is 13.2. The van der Waals surface area contributed by atoms with Gasteiger partial charge in [0, 0.05) is 18.5 Å². The van der Waals surface area contributed by atoms with Crippen molar-refractivity contribution >= 4 is 23.2 Å². The standard InChI is InChI=1S/C17H16FN3O4/c18-11-2-3-12(13(8-11)20-16(22)5-6-19)21-17(23)10-1-4-14-15(7-10)25-9-24-14/h1-4,7-8H,5-6,9,19H2,(H,20,22)(H,21,23). The van der Waals surface area contributed by atoms with Crippen LogP contribution >= 0.6 is 0 Å². The van der Waals surface area contributed by atoms with Crippen LogP contribution in [0, 0.1) is 5.82 Å². The second-order valence-electron chi connectivity index (χ2n) is 5.30. The second-order valence-corrected chi connectivity index (χ2v) is 5.30. The molecule has 1 aliphatic rings. The molecule has 0 atom stereocenters. The van der Waals surface area contributed by atoms with Crippen LogP contribution in [-0.4, -0.2) is 25.2 Å². The van der Waals surface area contributed by atoms with E-state index in [1.165, 1.54) is 12.1 Å². The molecule has 1 aliphatic heterocycles. The highest BCUT2D eigenvalue weighted by molar-refractivity contribution is 6.07. The minimum absolute atomic E-state index is 0.0893. The molecule has 0 radical (unpaired) electrons. The molecule has 0 saturated heterocycles. The molecular formula is C17H16FN3O4. The number of fused-ring (bicyclic) bond motifs is 1. The Morgan fingerprint density at radius 3 is 2.64 bits per heavy atom. The zero-order valence-electron chi connectivity index (χ0n) is 13.2. The minimum Gasteiger partial charge on any atom is -0.454 e. The molecule has 0 bridgehead atoms. The van der Waals surface area contributed by atoms with Crippen molar-refractivity contribution in [2.45, 2.75) is 6.42 Å². The van der Waals surface area contributed by atoms with E-state index < -0.39 is 11.7 Å². The van der Waals surface area contributed by atoms with Crippen LogP contribution in [0.25, 0.3) is 0 Å². The lowest BCUT2D eigenvalue weighted by atomic mass is 10.1. The highest BCUT2D eigenvalue weighted by Crippen LogP contribution is 2.33. The number of halogens is 1. The third kappa shape index (κ3) is 3.86. The summed E-state index contributed by atoms with van der Waals surface area (Å²) in [5.41, 5.74) is 6.10. The van der Waals surface area contributed by atoms with E-state index in [-0.39, 0.29) is 37.0 Å². The van der Waals surface area contributed by atoms with Crippen molar-refractivity contribution in [1.29, 1.82) is 0 Å². The van der Waals surface area contributed by atoms with Gasteiger partial charge in [0.15, 0.2) is 11.5 Å². The lowest BCUT2D eigenvalue weighted by Crippen LogP contribution is -2.19. The Morgan fingerprint density at radius 1 is 1.04 bits per heavy atom. The summed E-state index contributed by atoms with van der Waals surface area (Å²) in [6.45, 7) is 0.274. The maximum absolute atomic E-state index is 13.5. The molecule has 4 N–H and O–H groups in total. The summed E-state index contributed by atoms with van der Waals surface area (Å²) in [5, 5.41) is 5.18. The van der Waals surface area contributed by atoms with E-state index in [4.69, 9.17) is 15.2 Å². The number of carbonyl (C=O) groups excluding carboxylic acids is 2. The van der Waals surface area contributed by atoms with Crippen LogP contribution in [0.1, 0.15) is 16.8 Å². The molecule has 25 heavy (non-hydrogen) atoms. The van der Waals surface area contributed by atoms with Crippen LogP contribution < -0.4 is 25.8 Å². The first-order chi connectivity index (χ1) is 12.1. The molecule has 0 aliphatic carbocycles. The molecular weight excluding hydrogens is 329 g/mol. The number of hydrogen-bond acceptors (Lipinski definition) is 5. The van der Waals surface area contributed by atoms with Gasteiger partial charge in [0.2, 0.25) is 12.7 Å².